The monoisotopic (exact) mass is 747 g/mol. The number of hydrogen-bond donors (Lipinski definition) is 2. The van der Waals surface area contributed by atoms with E-state index in [0.29, 0.717) is 23.7 Å². The Morgan fingerprint density at radius 2 is 1.40 bits per heavy atom. The molecule has 17 heteroatoms. The second-order valence-corrected chi connectivity index (χ2v) is 13.4. The van der Waals surface area contributed by atoms with Crippen LogP contribution in [0.3, 0.4) is 0 Å². The van der Waals surface area contributed by atoms with Crippen molar-refractivity contribution in [3.05, 3.63) is 70.4 Å². The summed E-state index contributed by atoms with van der Waals surface area (Å²) in [6.07, 6.45) is -12.4. The summed E-state index contributed by atoms with van der Waals surface area (Å²) in [6, 6.07) is 5.01. The zero-order valence-electron chi connectivity index (χ0n) is 28.3. The molecule has 0 saturated carbocycles. The van der Waals surface area contributed by atoms with E-state index < -0.39 is 76.5 Å². The maximum Gasteiger partial charge on any atom is 0.417 e. The summed E-state index contributed by atoms with van der Waals surface area (Å²) in [5.41, 5.74) is -3.99. The molecule has 284 valence electrons. The first-order valence-electron chi connectivity index (χ1n) is 16.7. The minimum atomic E-state index is -6.07. The van der Waals surface area contributed by atoms with Crippen molar-refractivity contribution in [1.82, 2.24) is 19.7 Å². The molecule has 0 aliphatic carbocycles. The molecule has 2 aromatic carbocycles. The van der Waals surface area contributed by atoms with Crippen molar-refractivity contribution < 1.29 is 53.9 Å². The normalized spacial score (nSPS) is 19.0. The second kappa shape index (κ2) is 14.5. The molecule has 2 fully saturated rings. The first-order chi connectivity index (χ1) is 24.2. The quantitative estimate of drug-likeness (QED) is 0.189. The molecule has 2 aliphatic heterocycles. The molecule has 8 nitrogen and oxygen atoms in total. The molecule has 0 bridgehead atoms. The number of amides is 2. The Hall–Kier alpha value is -3.96. The molecule has 3 N–H and O–H groups in total. The minimum Gasteiger partial charge on any atom is -0.361 e. The zero-order valence-corrected chi connectivity index (χ0v) is 28.3. The number of carbonyl (C=O) groups is 3. The third kappa shape index (κ3) is 7.44. The lowest BCUT2D eigenvalue weighted by molar-refractivity contribution is -0.174. The number of imide groups is 1. The number of para-hydroxylation sites is 1. The Balaban J connectivity index is 1.64. The summed E-state index contributed by atoms with van der Waals surface area (Å²) in [7, 11) is 0. The highest BCUT2D eigenvalue weighted by Gasteiger charge is 2.57. The number of ketones is 1. The van der Waals surface area contributed by atoms with Crippen molar-refractivity contribution in [2.75, 3.05) is 26.2 Å². The van der Waals surface area contributed by atoms with Crippen LogP contribution in [0.1, 0.15) is 79.8 Å². The molecule has 3 aromatic rings. The molecular weight excluding hydrogens is 709 g/mol. The molecular formula is C35H38F9N5O3. The van der Waals surface area contributed by atoms with E-state index in [9.17, 15) is 53.9 Å². The van der Waals surface area contributed by atoms with Gasteiger partial charge in [0.05, 0.1) is 29.3 Å². The van der Waals surface area contributed by atoms with Gasteiger partial charge < -0.3 is 15.6 Å². The highest BCUT2D eigenvalue weighted by molar-refractivity contribution is 6.15. The van der Waals surface area contributed by atoms with E-state index >= 15 is 0 Å². The molecule has 2 unspecified atom stereocenters. The van der Waals surface area contributed by atoms with E-state index in [-0.39, 0.29) is 41.7 Å². The lowest BCUT2D eigenvalue weighted by Gasteiger charge is -2.50. The van der Waals surface area contributed by atoms with Gasteiger partial charge in [-0.15, -0.1) is 0 Å². The molecule has 2 amide bonds. The first-order valence-corrected chi connectivity index (χ1v) is 16.7. The van der Waals surface area contributed by atoms with Crippen LogP contribution in [0.25, 0.3) is 10.9 Å². The fourth-order valence-corrected chi connectivity index (χ4v) is 7.76. The van der Waals surface area contributed by atoms with Crippen molar-refractivity contribution in [3.8, 4) is 0 Å². The minimum absolute atomic E-state index is 0.0956. The van der Waals surface area contributed by atoms with Crippen LogP contribution < -0.4 is 5.73 Å². The molecule has 2 saturated heterocycles. The Labute approximate surface area is 293 Å². The summed E-state index contributed by atoms with van der Waals surface area (Å²) < 4.78 is 125. The van der Waals surface area contributed by atoms with Crippen molar-refractivity contribution in [2.45, 2.75) is 88.6 Å². The molecule has 3 heterocycles. The van der Waals surface area contributed by atoms with Gasteiger partial charge in [-0.2, -0.15) is 39.5 Å². The number of likely N-dealkylation sites (tertiary alicyclic amines) is 2. The van der Waals surface area contributed by atoms with Crippen molar-refractivity contribution in [3.63, 3.8) is 0 Å². The van der Waals surface area contributed by atoms with Gasteiger partial charge in [-0.3, -0.25) is 24.2 Å². The maximum absolute atomic E-state index is 14.9. The van der Waals surface area contributed by atoms with Crippen LogP contribution in [0.4, 0.5) is 39.5 Å². The fourth-order valence-electron chi connectivity index (χ4n) is 7.76. The highest BCUT2D eigenvalue weighted by Crippen LogP contribution is 2.48. The van der Waals surface area contributed by atoms with E-state index in [0.717, 1.165) is 46.2 Å². The first kappa shape index (κ1) is 39.3. The van der Waals surface area contributed by atoms with Crippen molar-refractivity contribution >= 4 is 28.5 Å². The van der Waals surface area contributed by atoms with Gasteiger partial charge >= 0.3 is 18.5 Å². The number of nitrogens with zero attached hydrogens (tertiary/aromatic N) is 3. The highest BCUT2D eigenvalue weighted by atomic mass is 19.4. The van der Waals surface area contributed by atoms with Gasteiger partial charge in [-0.25, -0.2) is 0 Å². The van der Waals surface area contributed by atoms with E-state index in [4.69, 9.17) is 5.73 Å². The number of hydrogen-bond acceptors (Lipinski definition) is 6. The topological polar surface area (TPSA) is 103 Å². The number of benzene rings is 2. The van der Waals surface area contributed by atoms with Gasteiger partial charge in [0.1, 0.15) is 0 Å². The number of alkyl halides is 9. The number of aromatic nitrogens is 1. The number of rotatable bonds is 8. The Morgan fingerprint density at radius 1 is 0.846 bits per heavy atom. The maximum atomic E-state index is 14.9. The standard InChI is InChI=1S/C35H38F9N5O3/c1-20(50)32(30(45)25-18-46-28-9-5-4-8-24(25)28,48-14-10-23(11-15-48)47-12-6-3-7-13-47)31(52)49(21(2)51)19-22-16-26(33(36,37)38)29(35(42,43)44)27(17-22)34(39,40)41/h4-5,8-9,16-18,23,30,46H,3,6-7,10-15,19,45H2,1-2H3. The number of piperidine rings is 2. The van der Waals surface area contributed by atoms with Gasteiger partial charge in [-0.1, -0.05) is 24.6 Å². The van der Waals surface area contributed by atoms with Crippen LogP contribution >= 0.6 is 0 Å². The largest absolute Gasteiger partial charge is 0.417 e. The fraction of sp³-hybridized carbons (Fsp3) is 0.514. The van der Waals surface area contributed by atoms with E-state index in [1.165, 1.54) is 11.1 Å². The molecule has 2 aliphatic rings. The number of halogens is 9. The van der Waals surface area contributed by atoms with Crippen molar-refractivity contribution in [1.29, 1.82) is 0 Å². The summed E-state index contributed by atoms with van der Waals surface area (Å²) in [4.78, 5) is 49.3. The number of aromatic amines is 1. The zero-order chi connectivity index (χ0) is 38.4. The van der Waals surface area contributed by atoms with Crippen LogP contribution in [0, 0.1) is 0 Å². The lowest BCUT2D eigenvalue weighted by Crippen LogP contribution is -2.70. The Morgan fingerprint density at radius 3 is 1.90 bits per heavy atom. The van der Waals surface area contributed by atoms with E-state index in [1.807, 2.05) is 0 Å². The predicted molar refractivity (Wildman–Crippen MR) is 171 cm³/mol. The van der Waals surface area contributed by atoms with Crippen LogP contribution in [0.15, 0.2) is 42.6 Å². The van der Waals surface area contributed by atoms with E-state index in [1.54, 1.807) is 24.3 Å². The van der Waals surface area contributed by atoms with Crippen molar-refractivity contribution in [2.24, 2.45) is 5.73 Å². The lowest BCUT2D eigenvalue weighted by atomic mass is 9.77. The molecule has 5 rings (SSSR count). The molecule has 2 atom stereocenters. The molecule has 1 aromatic heterocycles. The van der Waals surface area contributed by atoms with E-state index in [2.05, 4.69) is 9.88 Å². The van der Waals surface area contributed by atoms with Gasteiger partial charge in [0, 0.05) is 43.2 Å². The average Bonchev–Trinajstić information content (AvgIpc) is 3.50. The number of carbonyl (C=O) groups excluding carboxylic acids is 3. The van der Waals surface area contributed by atoms with Crippen LogP contribution in [0.5, 0.6) is 0 Å². The molecule has 0 radical (unpaired) electrons. The number of nitrogens with two attached hydrogens (primary N) is 1. The second-order valence-electron chi connectivity index (χ2n) is 13.4. The molecule has 0 spiro atoms. The van der Waals surface area contributed by atoms with Gasteiger partial charge in [0.15, 0.2) is 11.3 Å². The van der Waals surface area contributed by atoms with Crippen LogP contribution in [-0.2, 0) is 39.5 Å². The summed E-state index contributed by atoms with van der Waals surface area (Å²) in [6.45, 7) is 2.50. The summed E-state index contributed by atoms with van der Waals surface area (Å²) >= 11 is 0. The molecule has 52 heavy (non-hydrogen) atoms. The summed E-state index contributed by atoms with van der Waals surface area (Å²) in [5.74, 6) is -3.37. The third-order valence-corrected chi connectivity index (χ3v) is 10.2. The SMILES string of the molecule is CC(=O)N(Cc1cc(C(F)(F)F)c(C(F)(F)F)c(C(F)(F)F)c1)C(=O)C(C(C)=O)(C(N)c1c[nH]c2ccccc12)N1CCC(N2CCCCC2)CC1. The number of Topliss-reactive ketones (excluding diaryl/α,β-unsaturated/α-hetero) is 1. The van der Waals surface area contributed by atoms with Gasteiger partial charge in [-0.05, 0) is 75.0 Å². The van der Waals surface area contributed by atoms with Gasteiger partial charge in [0.25, 0.3) is 5.91 Å². The predicted octanol–water partition coefficient (Wildman–Crippen LogP) is 7.08. The van der Waals surface area contributed by atoms with Crippen LogP contribution in [0.2, 0.25) is 0 Å². The summed E-state index contributed by atoms with van der Waals surface area (Å²) in [5, 5.41) is 0.512. The smallest absolute Gasteiger partial charge is 0.361 e. The average molecular weight is 748 g/mol. The van der Waals surface area contributed by atoms with Gasteiger partial charge in [0.2, 0.25) is 5.91 Å². The number of H-pyrrole nitrogens is 1. The Bertz CT molecular complexity index is 1770. The number of fused-ring (bicyclic) bond motifs is 1. The Kier molecular flexibility index (Phi) is 10.9. The number of nitrogens with one attached hydrogen (secondary N) is 1. The third-order valence-electron chi connectivity index (χ3n) is 10.2. The van der Waals surface area contributed by atoms with Crippen LogP contribution in [-0.4, -0.2) is 75.0 Å².